The molecule has 0 saturated carbocycles. The van der Waals surface area contributed by atoms with Crippen molar-refractivity contribution in [3.63, 3.8) is 0 Å². The summed E-state index contributed by atoms with van der Waals surface area (Å²) in [6.45, 7) is 6.26. The summed E-state index contributed by atoms with van der Waals surface area (Å²) in [6, 6.07) is 15.6. The van der Waals surface area contributed by atoms with Gasteiger partial charge in [-0.15, -0.1) is 0 Å². The summed E-state index contributed by atoms with van der Waals surface area (Å²) in [7, 11) is 0. The van der Waals surface area contributed by atoms with Crippen molar-refractivity contribution < 1.29 is 14.3 Å². The summed E-state index contributed by atoms with van der Waals surface area (Å²) < 4.78 is 5.57. The smallest absolute Gasteiger partial charge is 0.316 e. The molecule has 2 atom stereocenters. The Kier molecular flexibility index (Phi) is 4.88. The molecular formula is C21H23NO3. The predicted octanol–water partition coefficient (Wildman–Crippen LogP) is 3.82. The Balaban J connectivity index is 1.69. The topological polar surface area (TPSA) is 46.6 Å². The van der Waals surface area contributed by atoms with Crippen LogP contribution in [0.15, 0.2) is 48.5 Å². The van der Waals surface area contributed by atoms with Crippen LogP contribution in [-0.2, 0) is 9.59 Å². The molecular weight excluding hydrogens is 314 g/mol. The second-order valence-corrected chi connectivity index (χ2v) is 6.72. The van der Waals surface area contributed by atoms with Gasteiger partial charge in [0.15, 0.2) is 0 Å². The maximum Gasteiger partial charge on any atom is 0.316 e. The van der Waals surface area contributed by atoms with Crippen molar-refractivity contribution in [3.8, 4) is 5.75 Å². The van der Waals surface area contributed by atoms with Crippen LogP contribution in [0.3, 0.4) is 0 Å². The molecule has 0 unspecified atom stereocenters. The van der Waals surface area contributed by atoms with Crippen molar-refractivity contribution >= 4 is 11.9 Å². The standard InChI is InChI=1S/C21H23NO3/c1-14-9-10-15(2)19(11-14)25-21(24)18-12-20(23)22(13-18)16(3)17-7-5-4-6-8-17/h4-11,16,18H,12-13H2,1-3H3/t16-,18+/m0/s1. The second-order valence-electron chi connectivity index (χ2n) is 6.72. The van der Waals surface area contributed by atoms with E-state index in [1.807, 2.05) is 69.3 Å². The van der Waals surface area contributed by atoms with E-state index < -0.39 is 5.92 Å². The van der Waals surface area contributed by atoms with Gasteiger partial charge in [0, 0.05) is 13.0 Å². The minimum absolute atomic E-state index is 0.000678. The summed E-state index contributed by atoms with van der Waals surface area (Å²) in [5, 5.41) is 0. The molecule has 2 aromatic rings. The first kappa shape index (κ1) is 17.2. The number of nitrogens with zero attached hydrogens (tertiary/aromatic N) is 1. The van der Waals surface area contributed by atoms with Gasteiger partial charge in [0.1, 0.15) is 5.75 Å². The molecule has 130 valence electrons. The van der Waals surface area contributed by atoms with Gasteiger partial charge in [0.05, 0.1) is 12.0 Å². The highest BCUT2D eigenvalue weighted by molar-refractivity contribution is 5.88. The molecule has 1 saturated heterocycles. The van der Waals surface area contributed by atoms with E-state index in [1.54, 1.807) is 4.90 Å². The number of ether oxygens (including phenoxy) is 1. The van der Waals surface area contributed by atoms with Gasteiger partial charge >= 0.3 is 5.97 Å². The number of esters is 1. The third-order valence-electron chi connectivity index (χ3n) is 4.80. The summed E-state index contributed by atoms with van der Waals surface area (Å²) >= 11 is 0. The van der Waals surface area contributed by atoms with Crippen molar-refractivity contribution in [1.82, 2.24) is 4.90 Å². The molecule has 1 aliphatic rings. The third kappa shape index (κ3) is 3.73. The van der Waals surface area contributed by atoms with Crippen molar-refractivity contribution in [1.29, 1.82) is 0 Å². The zero-order valence-corrected chi connectivity index (χ0v) is 14.9. The first-order valence-electron chi connectivity index (χ1n) is 8.59. The van der Waals surface area contributed by atoms with Crippen molar-refractivity contribution in [3.05, 3.63) is 65.2 Å². The van der Waals surface area contributed by atoms with Gasteiger partial charge in [-0.25, -0.2) is 0 Å². The lowest BCUT2D eigenvalue weighted by molar-refractivity contribution is -0.139. The van der Waals surface area contributed by atoms with Crippen LogP contribution in [0.4, 0.5) is 0 Å². The van der Waals surface area contributed by atoms with Crippen LogP contribution in [0.2, 0.25) is 0 Å². The molecule has 1 fully saturated rings. The molecule has 0 bridgehead atoms. The highest BCUT2D eigenvalue weighted by atomic mass is 16.5. The maximum atomic E-state index is 12.5. The van der Waals surface area contributed by atoms with Gasteiger partial charge in [-0.05, 0) is 43.5 Å². The molecule has 0 aliphatic carbocycles. The monoisotopic (exact) mass is 337 g/mol. The van der Waals surface area contributed by atoms with E-state index in [0.29, 0.717) is 12.3 Å². The highest BCUT2D eigenvalue weighted by Crippen LogP contribution is 2.30. The Hall–Kier alpha value is -2.62. The fraction of sp³-hybridized carbons (Fsp3) is 0.333. The molecule has 3 rings (SSSR count). The van der Waals surface area contributed by atoms with Crippen LogP contribution in [0.25, 0.3) is 0 Å². The Morgan fingerprint density at radius 2 is 1.88 bits per heavy atom. The fourth-order valence-corrected chi connectivity index (χ4v) is 3.18. The zero-order chi connectivity index (χ0) is 18.0. The van der Waals surface area contributed by atoms with Crippen molar-refractivity contribution in [2.24, 2.45) is 5.92 Å². The Morgan fingerprint density at radius 3 is 2.60 bits per heavy atom. The summed E-state index contributed by atoms with van der Waals surface area (Å²) in [5.41, 5.74) is 3.02. The molecule has 0 spiro atoms. The van der Waals surface area contributed by atoms with Gasteiger partial charge in [-0.3, -0.25) is 9.59 Å². The number of likely N-dealkylation sites (tertiary alicyclic amines) is 1. The first-order chi connectivity index (χ1) is 12.0. The quantitative estimate of drug-likeness (QED) is 0.629. The maximum absolute atomic E-state index is 12.5. The van der Waals surface area contributed by atoms with E-state index in [1.165, 1.54) is 0 Å². The van der Waals surface area contributed by atoms with E-state index in [9.17, 15) is 9.59 Å². The van der Waals surface area contributed by atoms with Crippen molar-refractivity contribution in [2.75, 3.05) is 6.54 Å². The molecule has 25 heavy (non-hydrogen) atoms. The van der Waals surface area contributed by atoms with E-state index in [2.05, 4.69) is 0 Å². The van der Waals surface area contributed by atoms with Crippen LogP contribution < -0.4 is 4.74 Å². The minimum Gasteiger partial charge on any atom is -0.426 e. The number of benzene rings is 2. The zero-order valence-electron chi connectivity index (χ0n) is 14.9. The molecule has 1 aliphatic heterocycles. The molecule has 4 heteroatoms. The number of hydrogen-bond acceptors (Lipinski definition) is 3. The van der Waals surface area contributed by atoms with E-state index >= 15 is 0 Å². The lowest BCUT2D eigenvalue weighted by Gasteiger charge is -2.25. The van der Waals surface area contributed by atoms with E-state index in [4.69, 9.17) is 4.74 Å². The fourth-order valence-electron chi connectivity index (χ4n) is 3.18. The molecule has 1 heterocycles. The summed E-state index contributed by atoms with van der Waals surface area (Å²) in [6.07, 6.45) is 0.209. The number of carbonyl (C=O) groups excluding carboxylic acids is 2. The molecule has 0 aromatic heterocycles. The molecule has 2 aromatic carbocycles. The normalized spacial score (nSPS) is 18.3. The molecule has 1 amide bonds. The Morgan fingerprint density at radius 1 is 1.16 bits per heavy atom. The van der Waals surface area contributed by atoms with Crippen LogP contribution in [0.5, 0.6) is 5.75 Å². The van der Waals surface area contributed by atoms with Gasteiger partial charge < -0.3 is 9.64 Å². The summed E-state index contributed by atoms with van der Waals surface area (Å²) in [5.74, 6) is -0.172. The first-order valence-corrected chi connectivity index (χ1v) is 8.59. The van der Waals surface area contributed by atoms with Crippen LogP contribution in [0.1, 0.15) is 36.1 Å². The molecule has 0 radical (unpaired) electrons. The van der Waals surface area contributed by atoms with Gasteiger partial charge in [-0.1, -0.05) is 42.5 Å². The average molecular weight is 337 g/mol. The third-order valence-corrected chi connectivity index (χ3v) is 4.80. The number of aryl methyl sites for hydroxylation is 2. The number of rotatable bonds is 4. The Labute approximate surface area is 148 Å². The Bertz CT molecular complexity index is 785. The number of amides is 1. The number of hydrogen-bond donors (Lipinski definition) is 0. The predicted molar refractivity (Wildman–Crippen MR) is 96.2 cm³/mol. The SMILES string of the molecule is Cc1ccc(C)c(OC(=O)[C@@H]2CC(=O)N([C@@H](C)c3ccccc3)C2)c1. The lowest BCUT2D eigenvalue weighted by atomic mass is 10.1. The lowest BCUT2D eigenvalue weighted by Crippen LogP contribution is -2.30. The molecule has 0 N–H and O–H groups in total. The van der Waals surface area contributed by atoms with Gasteiger partial charge in [0.2, 0.25) is 5.91 Å². The number of carbonyl (C=O) groups is 2. The largest absolute Gasteiger partial charge is 0.426 e. The van der Waals surface area contributed by atoms with Gasteiger partial charge in [-0.2, -0.15) is 0 Å². The van der Waals surface area contributed by atoms with E-state index in [-0.39, 0.29) is 24.3 Å². The van der Waals surface area contributed by atoms with Crippen molar-refractivity contribution in [2.45, 2.75) is 33.2 Å². The van der Waals surface area contributed by atoms with E-state index in [0.717, 1.165) is 16.7 Å². The highest BCUT2D eigenvalue weighted by Gasteiger charge is 2.38. The summed E-state index contributed by atoms with van der Waals surface area (Å²) in [4.78, 5) is 26.7. The second kappa shape index (κ2) is 7.09. The van der Waals surface area contributed by atoms with Gasteiger partial charge in [0.25, 0.3) is 0 Å². The van der Waals surface area contributed by atoms with Crippen LogP contribution in [-0.4, -0.2) is 23.3 Å². The average Bonchev–Trinajstić information content (AvgIpc) is 3.00. The minimum atomic E-state index is -0.418. The van der Waals surface area contributed by atoms with Crippen LogP contribution in [0, 0.1) is 19.8 Å². The molecule has 4 nitrogen and oxygen atoms in total. The van der Waals surface area contributed by atoms with Crippen LogP contribution >= 0.6 is 0 Å².